The summed E-state index contributed by atoms with van der Waals surface area (Å²) in [4.78, 5) is 0. The highest BCUT2D eigenvalue weighted by atomic mass is 32.1. The molecule has 1 unspecified atom stereocenters. The van der Waals surface area contributed by atoms with Crippen LogP contribution in [0.5, 0.6) is 0 Å². The van der Waals surface area contributed by atoms with E-state index in [0.29, 0.717) is 0 Å². The Balaban J connectivity index is 1.39. The van der Waals surface area contributed by atoms with E-state index in [4.69, 9.17) is 0 Å². The van der Waals surface area contributed by atoms with Gasteiger partial charge in [0.1, 0.15) is 0 Å². The highest BCUT2D eigenvalue weighted by molar-refractivity contribution is 7.26. The zero-order chi connectivity index (χ0) is 29.7. The molecule has 7 aromatic carbocycles. The van der Waals surface area contributed by atoms with Gasteiger partial charge in [0.25, 0.3) is 0 Å². The van der Waals surface area contributed by atoms with Gasteiger partial charge < -0.3 is 0 Å². The van der Waals surface area contributed by atoms with Gasteiger partial charge in [0.2, 0.25) is 0 Å². The first-order valence-corrected chi connectivity index (χ1v) is 16.5. The maximum absolute atomic E-state index is 2.39. The van der Waals surface area contributed by atoms with E-state index in [-0.39, 0.29) is 5.92 Å². The van der Waals surface area contributed by atoms with Crippen LogP contribution in [0.2, 0.25) is 0 Å². The molecule has 0 bridgehead atoms. The van der Waals surface area contributed by atoms with Crippen molar-refractivity contribution < 1.29 is 0 Å². The van der Waals surface area contributed by atoms with E-state index in [1.807, 2.05) is 11.3 Å². The molecule has 0 N–H and O–H groups in total. The van der Waals surface area contributed by atoms with Gasteiger partial charge in [-0.1, -0.05) is 158 Å². The highest BCUT2D eigenvalue weighted by Crippen LogP contribution is 2.51. The van der Waals surface area contributed by atoms with Crippen molar-refractivity contribution in [2.24, 2.45) is 0 Å². The quantitative estimate of drug-likeness (QED) is 0.179. The zero-order valence-electron chi connectivity index (χ0n) is 24.8. The van der Waals surface area contributed by atoms with Crippen molar-refractivity contribution in [3.8, 4) is 22.3 Å². The smallest absolute Gasteiger partial charge is 0.0440 e. The molecule has 0 spiro atoms. The van der Waals surface area contributed by atoms with Crippen molar-refractivity contribution in [3.05, 3.63) is 175 Å². The monoisotopic (exact) mass is 590 g/mol. The first kappa shape index (κ1) is 26.2. The predicted molar refractivity (Wildman–Crippen MR) is 196 cm³/mol. The van der Waals surface area contributed by atoms with Gasteiger partial charge >= 0.3 is 0 Å². The minimum atomic E-state index is 0.267. The molecular formula is C44H30S. The van der Waals surface area contributed by atoms with E-state index in [9.17, 15) is 0 Å². The van der Waals surface area contributed by atoms with E-state index in [0.717, 1.165) is 6.42 Å². The van der Waals surface area contributed by atoms with Crippen LogP contribution >= 0.6 is 11.3 Å². The van der Waals surface area contributed by atoms with Crippen molar-refractivity contribution in [1.29, 1.82) is 0 Å². The van der Waals surface area contributed by atoms with Gasteiger partial charge in [0.05, 0.1) is 0 Å². The van der Waals surface area contributed by atoms with Crippen molar-refractivity contribution in [3.63, 3.8) is 0 Å². The van der Waals surface area contributed by atoms with Crippen LogP contribution in [-0.4, -0.2) is 0 Å². The Bertz CT molecular complexity index is 2380. The summed E-state index contributed by atoms with van der Waals surface area (Å²) in [5.74, 6) is 0.267. The Kier molecular flexibility index (Phi) is 6.25. The molecule has 1 aliphatic carbocycles. The second-order valence-corrected chi connectivity index (χ2v) is 13.0. The summed E-state index contributed by atoms with van der Waals surface area (Å²) in [6, 6.07) is 53.6. The topological polar surface area (TPSA) is 0 Å². The van der Waals surface area contributed by atoms with Gasteiger partial charge in [-0.05, 0) is 73.0 Å². The van der Waals surface area contributed by atoms with E-state index >= 15 is 0 Å². The zero-order valence-corrected chi connectivity index (χ0v) is 25.6. The van der Waals surface area contributed by atoms with Gasteiger partial charge in [-0.2, -0.15) is 0 Å². The van der Waals surface area contributed by atoms with Gasteiger partial charge in [-0.25, -0.2) is 0 Å². The lowest BCUT2D eigenvalue weighted by Crippen LogP contribution is -2.06. The molecule has 0 amide bonds. The van der Waals surface area contributed by atoms with Crippen LogP contribution in [0, 0.1) is 0 Å². The molecule has 212 valence electrons. The lowest BCUT2D eigenvalue weighted by Gasteiger charge is -2.27. The molecule has 1 aliphatic rings. The molecule has 0 aliphatic heterocycles. The minimum absolute atomic E-state index is 0.267. The lowest BCUT2D eigenvalue weighted by atomic mass is 9.76. The molecule has 0 fully saturated rings. The molecule has 1 atom stereocenters. The normalized spacial score (nSPS) is 14.8. The average Bonchev–Trinajstić information content (AvgIpc) is 3.51. The molecule has 8 aromatic rings. The summed E-state index contributed by atoms with van der Waals surface area (Å²) in [6.07, 6.45) is 7.87. The fourth-order valence-corrected chi connectivity index (χ4v) is 8.80. The first-order valence-electron chi connectivity index (χ1n) is 15.7. The third kappa shape index (κ3) is 4.19. The SMILES string of the molecule is C1=CCC(c2c3ccccc3c(-c3ccc(-c4ccccc4)c4sc5ccccc5c34)c3ccccc23)C(c2ccccc2)=C1. The van der Waals surface area contributed by atoms with Crippen molar-refractivity contribution in [2.45, 2.75) is 12.3 Å². The summed E-state index contributed by atoms with van der Waals surface area (Å²) in [5.41, 5.74) is 9.31. The van der Waals surface area contributed by atoms with Crippen molar-refractivity contribution >= 4 is 58.6 Å². The number of fused-ring (bicyclic) bond motifs is 5. The maximum atomic E-state index is 2.39. The molecule has 45 heavy (non-hydrogen) atoms. The fourth-order valence-electron chi connectivity index (χ4n) is 7.54. The second kappa shape index (κ2) is 10.7. The highest BCUT2D eigenvalue weighted by Gasteiger charge is 2.26. The van der Waals surface area contributed by atoms with Gasteiger partial charge in [0.15, 0.2) is 0 Å². The van der Waals surface area contributed by atoms with Crippen LogP contribution in [0.3, 0.4) is 0 Å². The summed E-state index contributed by atoms with van der Waals surface area (Å²) in [7, 11) is 0. The standard InChI is InChI=1S/C44H30S/c1-3-15-29(16-4-1)31-19-7-8-20-33(31)41-34-21-9-11-23-36(34)42(37-24-12-10-22-35(37)41)39-28-27-32(30-17-5-2-6-18-30)44-43(39)38-25-13-14-26-40(38)45-44/h1-19,21-28,33H,20H2. The van der Waals surface area contributed by atoms with Crippen LogP contribution < -0.4 is 0 Å². The molecule has 0 nitrogen and oxygen atoms in total. The number of hydrogen-bond acceptors (Lipinski definition) is 1. The third-order valence-corrected chi connectivity index (χ3v) is 10.7. The van der Waals surface area contributed by atoms with Crippen LogP contribution in [-0.2, 0) is 0 Å². The molecule has 1 heterocycles. The van der Waals surface area contributed by atoms with Crippen LogP contribution in [0.1, 0.15) is 23.5 Å². The molecule has 0 saturated heterocycles. The van der Waals surface area contributed by atoms with Gasteiger partial charge in [-0.15, -0.1) is 11.3 Å². The number of rotatable bonds is 4. The largest absolute Gasteiger partial charge is 0.135 e. The molecule has 0 saturated carbocycles. The second-order valence-electron chi connectivity index (χ2n) is 11.9. The Morgan fingerprint density at radius 1 is 0.489 bits per heavy atom. The van der Waals surface area contributed by atoms with Crippen molar-refractivity contribution in [1.82, 2.24) is 0 Å². The van der Waals surface area contributed by atoms with Crippen LogP contribution in [0.15, 0.2) is 164 Å². The average molecular weight is 591 g/mol. The van der Waals surface area contributed by atoms with Crippen LogP contribution in [0.4, 0.5) is 0 Å². The summed E-state index contributed by atoms with van der Waals surface area (Å²) in [6.45, 7) is 0. The molecule has 1 aromatic heterocycles. The molecule has 9 rings (SSSR count). The Morgan fingerprint density at radius 2 is 1.04 bits per heavy atom. The summed E-state index contributed by atoms with van der Waals surface area (Å²) in [5, 5.41) is 8.00. The van der Waals surface area contributed by atoms with Gasteiger partial charge in [0, 0.05) is 26.1 Å². The van der Waals surface area contributed by atoms with E-state index in [1.54, 1.807) is 0 Å². The number of allylic oxidation sites excluding steroid dienone is 4. The molecule has 0 radical (unpaired) electrons. The Labute approximate surface area is 267 Å². The number of thiophene rings is 1. The summed E-state index contributed by atoms with van der Waals surface area (Å²) >= 11 is 1.91. The predicted octanol–water partition coefficient (Wildman–Crippen LogP) is 12.8. The Morgan fingerprint density at radius 3 is 1.73 bits per heavy atom. The molecular weight excluding hydrogens is 561 g/mol. The van der Waals surface area contributed by atoms with E-state index < -0.39 is 0 Å². The number of hydrogen-bond donors (Lipinski definition) is 0. The fraction of sp³-hybridized carbons (Fsp3) is 0.0455. The van der Waals surface area contributed by atoms with Crippen LogP contribution in [0.25, 0.3) is 69.5 Å². The lowest BCUT2D eigenvalue weighted by molar-refractivity contribution is 0.890. The minimum Gasteiger partial charge on any atom is -0.135 e. The first-order chi connectivity index (χ1) is 22.4. The van der Waals surface area contributed by atoms with E-state index in [2.05, 4.69) is 164 Å². The third-order valence-electron chi connectivity index (χ3n) is 9.47. The van der Waals surface area contributed by atoms with Crippen molar-refractivity contribution in [2.75, 3.05) is 0 Å². The Hall–Kier alpha value is -5.24. The maximum Gasteiger partial charge on any atom is 0.0440 e. The molecule has 1 heteroatoms. The summed E-state index contributed by atoms with van der Waals surface area (Å²) < 4.78 is 2.68. The van der Waals surface area contributed by atoms with E-state index in [1.165, 1.54) is 80.7 Å². The number of benzene rings is 7. The van der Waals surface area contributed by atoms with Gasteiger partial charge in [-0.3, -0.25) is 0 Å².